The van der Waals surface area contributed by atoms with Gasteiger partial charge in [0.1, 0.15) is 0 Å². The molecule has 0 fully saturated rings. The number of nitrogens with one attached hydrogen (secondary N) is 2. The third-order valence-corrected chi connectivity index (χ3v) is 4.48. The molecule has 0 spiro atoms. The lowest BCUT2D eigenvalue weighted by atomic mass is 10.0. The molecule has 3 aromatic rings. The van der Waals surface area contributed by atoms with Gasteiger partial charge >= 0.3 is 0 Å². The molecule has 1 amide bonds. The van der Waals surface area contributed by atoms with Gasteiger partial charge in [-0.3, -0.25) is 9.52 Å². The van der Waals surface area contributed by atoms with Crippen LogP contribution >= 0.6 is 0 Å². The maximum absolute atomic E-state index is 12.1. The SMILES string of the molecule is CS(=O)(=O)Nc1ccc(NC(=O)/C=C/c2cccc(-c3ccccc3)c2)cc1. The largest absolute Gasteiger partial charge is 0.323 e. The van der Waals surface area contributed by atoms with Crippen LogP contribution in [0.4, 0.5) is 11.4 Å². The fraction of sp³-hybridized carbons (Fsp3) is 0.0455. The molecule has 0 radical (unpaired) electrons. The lowest BCUT2D eigenvalue weighted by Gasteiger charge is -2.06. The highest BCUT2D eigenvalue weighted by Crippen LogP contribution is 2.20. The molecule has 0 aliphatic rings. The summed E-state index contributed by atoms with van der Waals surface area (Å²) in [6, 6.07) is 24.4. The first kappa shape index (κ1) is 19.4. The van der Waals surface area contributed by atoms with Crippen LogP contribution in [0.15, 0.2) is 84.9 Å². The predicted octanol–water partition coefficient (Wildman–Crippen LogP) is 4.38. The number of amides is 1. The summed E-state index contributed by atoms with van der Waals surface area (Å²) in [5, 5.41) is 2.75. The molecule has 142 valence electrons. The second-order valence-corrected chi connectivity index (χ2v) is 8.01. The Morgan fingerprint density at radius 2 is 1.46 bits per heavy atom. The van der Waals surface area contributed by atoms with Crippen molar-refractivity contribution in [1.82, 2.24) is 0 Å². The van der Waals surface area contributed by atoms with E-state index in [0.29, 0.717) is 11.4 Å². The Hall–Kier alpha value is -3.38. The Kier molecular flexibility index (Phi) is 5.91. The first-order chi connectivity index (χ1) is 13.4. The standard InChI is InChI=1S/C22H20N2O3S/c1-28(26,27)24-21-13-11-20(12-14-21)23-22(25)15-10-17-6-5-9-19(16-17)18-7-3-2-4-8-18/h2-16,24H,1H3,(H,23,25)/b15-10+. The normalized spacial score (nSPS) is 11.3. The molecule has 6 heteroatoms. The van der Waals surface area contributed by atoms with E-state index in [0.717, 1.165) is 22.9 Å². The maximum Gasteiger partial charge on any atom is 0.248 e. The topological polar surface area (TPSA) is 75.3 Å². The van der Waals surface area contributed by atoms with Crippen LogP contribution in [0.25, 0.3) is 17.2 Å². The second-order valence-electron chi connectivity index (χ2n) is 6.27. The molecular formula is C22H20N2O3S. The number of hydrogen-bond donors (Lipinski definition) is 2. The summed E-state index contributed by atoms with van der Waals surface area (Å²) in [6.45, 7) is 0. The molecule has 5 nitrogen and oxygen atoms in total. The second kappa shape index (κ2) is 8.54. The summed E-state index contributed by atoms with van der Waals surface area (Å²) >= 11 is 0. The Balaban J connectivity index is 1.64. The zero-order valence-electron chi connectivity index (χ0n) is 15.3. The smallest absolute Gasteiger partial charge is 0.248 e. The summed E-state index contributed by atoms with van der Waals surface area (Å²) in [6.07, 6.45) is 4.30. The fourth-order valence-electron chi connectivity index (χ4n) is 2.64. The molecule has 2 N–H and O–H groups in total. The molecule has 0 bridgehead atoms. The molecule has 0 atom stereocenters. The molecule has 0 saturated carbocycles. The minimum Gasteiger partial charge on any atom is -0.323 e. The quantitative estimate of drug-likeness (QED) is 0.612. The van der Waals surface area contributed by atoms with E-state index in [2.05, 4.69) is 10.0 Å². The number of benzene rings is 3. The van der Waals surface area contributed by atoms with E-state index in [-0.39, 0.29) is 5.91 Å². The summed E-state index contributed by atoms with van der Waals surface area (Å²) in [5.41, 5.74) is 4.13. The number of hydrogen-bond acceptors (Lipinski definition) is 3. The molecule has 0 aliphatic carbocycles. The van der Waals surface area contributed by atoms with E-state index in [9.17, 15) is 13.2 Å². The first-order valence-electron chi connectivity index (χ1n) is 8.61. The average molecular weight is 392 g/mol. The molecule has 0 saturated heterocycles. The third kappa shape index (κ3) is 5.82. The predicted molar refractivity (Wildman–Crippen MR) is 114 cm³/mol. The van der Waals surface area contributed by atoms with Crippen molar-refractivity contribution in [3.05, 3.63) is 90.5 Å². The van der Waals surface area contributed by atoms with Crippen molar-refractivity contribution < 1.29 is 13.2 Å². The van der Waals surface area contributed by atoms with Crippen LogP contribution in [0.3, 0.4) is 0 Å². The summed E-state index contributed by atoms with van der Waals surface area (Å²) in [5.74, 6) is -0.270. The van der Waals surface area contributed by atoms with Gasteiger partial charge in [0.25, 0.3) is 0 Å². The van der Waals surface area contributed by atoms with Crippen LogP contribution in [0.2, 0.25) is 0 Å². The van der Waals surface area contributed by atoms with E-state index in [1.807, 2.05) is 54.6 Å². The molecule has 3 rings (SSSR count). The first-order valence-corrected chi connectivity index (χ1v) is 10.5. The summed E-state index contributed by atoms with van der Waals surface area (Å²) in [4.78, 5) is 12.1. The Morgan fingerprint density at radius 1 is 0.821 bits per heavy atom. The van der Waals surface area contributed by atoms with Crippen molar-refractivity contribution in [3.63, 3.8) is 0 Å². The van der Waals surface area contributed by atoms with Gasteiger partial charge in [0.2, 0.25) is 15.9 Å². The number of carbonyl (C=O) groups is 1. The van der Waals surface area contributed by atoms with Gasteiger partial charge in [-0.25, -0.2) is 8.42 Å². The van der Waals surface area contributed by atoms with Gasteiger partial charge in [-0.05, 0) is 53.1 Å². The number of carbonyl (C=O) groups excluding carboxylic acids is 1. The van der Waals surface area contributed by atoms with Gasteiger partial charge in [-0.15, -0.1) is 0 Å². The van der Waals surface area contributed by atoms with Gasteiger partial charge in [0, 0.05) is 17.5 Å². The van der Waals surface area contributed by atoms with Crippen LogP contribution in [0, 0.1) is 0 Å². The Labute approximate surface area is 164 Å². The zero-order valence-corrected chi connectivity index (χ0v) is 16.1. The van der Waals surface area contributed by atoms with Gasteiger partial charge in [-0.2, -0.15) is 0 Å². The number of rotatable bonds is 6. The lowest BCUT2D eigenvalue weighted by molar-refractivity contribution is -0.111. The number of sulfonamides is 1. The highest BCUT2D eigenvalue weighted by molar-refractivity contribution is 7.92. The van der Waals surface area contributed by atoms with Crippen LogP contribution in [-0.2, 0) is 14.8 Å². The summed E-state index contributed by atoms with van der Waals surface area (Å²) in [7, 11) is -3.32. The van der Waals surface area contributed by atoms with Crippen molar-refractivity contribution in [2.45, 2.75) is 0 Å². The Morgan fingerprint density at radius 3 is 2.14 bits per heavy atom. The summed E-state index contributed by atoms with van der Waals surface area (Å²) < 4.78 is 24.8. The molecule has 0 unspecified atom stereocenters. The van der Waals surface area contributed by atoms with Crippen molar-refractivity contribution in [3.8, 4) is 11.1 Å². The van der Waals surface area contributed by atoms with Crippen LogP contribution in [-0.4, -0.2) is 20.6 Å². The Bertz CT molecular complexity index is 1090. The van der Waals surface area contributed by atoms with Crippen molar-refractivity contribution >= 4 is 33.4 Å². The molecule has 0 aliphatic heterocycles. The highest BCUT2D eigenvalue weighted by atomic mass is 32.2. The van der Waals surface area contributed by atoms with E-state index < -0.39 is 10.0 Å². The molecule has 0 heterocycles. The zero-order chi connectivity index (χ0) is 20.0. The van der Waals surface area contributed by atoms with Crippen molar-refractivity contribution in [1.29, 1.82) is 0 Å². The van der Waals surface area contributed by atoms with Crippen molar-refractivity contribution in [2.24, 2.45) is 0 Å². The third-order valence-electron chi connectivity index (χ3n) is 3.88. The molecule has 28 heavy (non-hydrogen) atoms. The van der Waals surface area contributed by atoms with Gasteiger partial charge in [-0.1, -0.05) is 48.5 Å². The van der Waals surface area contributed by atoms with Gasteiger partial charge in [0.15, 0.2) is 0 Å². The van der Waals surface area contributed by atoms with E-state index in [1.165, 1.54) is 6.08 Å². The number of anilines is 2. The van der Waals surface area contributed by atoms with Crippen LogP contribution < -0.4 is 10.0 Å². The van der Waals surface area contributed by atoms with Gasteiger partial charge < -0.3 is 5.32 Å². The fourth-order valence-corrected chi connectivity index (χ4v) is 3.21. The monoisotopic (exact) mass is 392 g/mol. The van der Waals surface area contributed by atoms with Crippen LogP contribution in [0.5, 0.6) is 0 Å². The maximum atomic E-state index is 12.1. The van der Waals surface area contributed by atoms with Gasteiger partial charge in [0.05, 0.1) is 6.26 Å². The van der Waals surface area contributed by atoms with Crippen molar-refractivity contribution in [2.75, 3.05) is 16.3 Å². The molecule has 3 aromatic carbocycles. The minimum atomic E-state index is -3.32. The van der Waals surface area contributed by atoms with E-state index in [1.54, 1.807) is 30.3 Å². The molecular weight excluding hydrogens is 372 g/mol. The van der Waals surface area contributed by atoms with Crippen LogP contribution in [0.1, 0.15) is 5.56 Å². The minimum absolute atomic E-state index is 0.270. The van der Waals surface area contributed by atoms with E-state index in [4.69, 9.17) is 0 Å². The lowest BCUT2D eigenvalue weighted by Crippen LogP contribution is -2.10. The molecule has 0 aromatic heterocycles. The highest BCUT2D eigenvalue weighted by Gasteiger charge is 2.03. The van der Waals surface area contributed by atoms with E-state index >= 15 is 0 Å². The average Bonchev–Trinajstić information content (AvgIpc) is 2.68.